The number of amides is 1. The van der Waals surface area contributed by atoms with Gasteiger partial charge in [0, 0.05) is 6.54 Å². The van der Waals surface area contributed by atoms with E-state index in [1.54, 1.807) is 0 Å². The maximum atomic E-state index is 10.2. The standard InChI is InChI=1S/C6H12N2O2/c1-6(8-5(9)10)2-3-7-4-6/h7-8H,2-4H2,1H3,(H,9,10)/t6-/m1/s1. The summed E-state index contributed by atoms with van der Waals surface area (Å²) >= 11 is 0. The Balaban J connectivity index is 2.43. The van der Waals surface area contributed by atoms with Crippen LogP contribution in [-0.2, 0) is 0 Å². The molecule has 0 unspecified atom stereocenters. The second-order valence-electron chi connectivity index (χ2n) is 2.92. The second-order valence-corrected chi connectivity index (χ2v) is 2.92. The molecule has 10 heavy (non-hydrogen) atoms. The number of rotatable bonds is 1. The Kier molecular flexibility index (Phi) is 1.80. The molecule has 1 aliphatic heterocycles. The van der Waals surface area contributed by atoms with Gasteiger partial charge in [0.15, 0.2) is 0 Å². The molecule has 0 saturated carbocycles. The van der Waals surface area contributed by atoms with Gasteiger partial charge in [0.1, 0.15) is 0 Å². The van der Waals surface area contributed by atoms with Gasteiger partial charge in [-0.3, -0.25) is 0 Å². The van der Waals surface area contributed by atoms with Gasteiger partial charge in [0.05, 0.1) is 5.54 Å². The lowest BCUT2D eigenvalue weighted by molar-refractivity contribution is 0.182. The summed E-state index contributed by atoms with van der Waals surface area (Å²) < 4.78 is 0. The smallest absolute Gasteiger partial charge is 0.405 e. The highest BCUT2D eigenvalue weighted by Gasteiger charge is 2.29. The molecule has 1 fully saturated rings. The van der Waals surface area contributed by atoms with Crippen LogP contribution >= 0.6 is 0 Å². The monoisotopic (exact) mass is 144 g/mol. The Labute approximate surface area is 59.6 Å². The molecule has 1 rings (SSSR count). The van der Waals surface area contributed by atoms with Crippen molar-refractivity contribution in [1.29, 1.82) is 0 Å². The molecule has 1 atom stereocenters. The fraction of sp³-hybridized carbons (Fsp3) is 0.833. The van der Waals surface area contributed by atoms with E-state index in [0.29, 0.717) is 0 Å². The number of carboxylic acid groups (broad SMARTS) is 1. The number of carbonyl (C=O) groups is 1. The summed E-state index contributed by atoms with van der Waals surface area (Å²) in [7, 11) is 0. The lowest BCUT2D eigenvalue weighted by atomic mass is 10.0. The van der Waals surface area contributed by atoms with Crippen molar-refractivity contribution in [2.24, 2.45) is 0 Å². The third kappa shape index (κ3) is 1.60. The minimum Gasteiger partial charge on any atom is -0.465 e. The van der Waals surface area contributed by atoms with Crippen LogP contribution in [0.25, 0.3) is 0 Å². The molecule has 0 radical (unpaired) electrons. The van der Waals surface area contributed by atoms with Gasteiger partial charge < -0.3 is 15.7 Å². The molecular formula is C6H12N2O2. The van der Waals surface area contributed by atoms with E-state index in [2.05, 4.69) is 10.6 Å². The van der Waals surface area contributed by atoms with Crippen molar-refractivity contribution < 1.29 is 9.90 Å². The zero-order valence-electron chi connectivity index (χ0n) is 5.98. The third-order valence-electron chi connectivity index (χ3n) is 1.78. The zero-order valence-corrected chi connectivity index (χ0v) is 5.98. The van der Waals surface area contributed by atoms with Crippen LogP contribution in [0.1, 0.15) is 13.3 Å². The molecule has 0 spiro atoms. The van der Waals surface area contributed by atoms with E-state index >= 15 is 0 Å². The molecular weight excluding hydrogens is 132 g/mol. The van der Waals surface area contributed by atoms with Crippen LogP contribution in [-0.4, -0.2) is 29.8 Å². The minimum absolute atomic E-state index is 0.244. The van der Waals surface area contributed by atoms with Crippen molar-refractivity contribution in [2.45, 2.75) is 18.9 Å². The highest BCUT2D eigenvalue weighted by atomic mass is 16.4. The van der Waals surface area contributed by atoms with Crippen molar-refractivity contribution in [2.75, 3.05) is 13.1 Å². The largest absolute Gasteiger partial charge is 0.465 e. The lowest BCUT2D eigenvalue weighted by Crippen LogP contribution is -2.46. The highest BCUT2D eigenvalue weighted by Crippen LogP contribution is 2.12. The van der Waals surface area contributed by atoms with E-state index in [4.69, 9.17) is 5.11 Å². The number of hydrogen-bond acceptors (Lipinski definition) is 2. The highest BCUT2D eigenvalue weighted by molar-refractivity contribution is 5.65. The fourth-order valence-electron chi connectivity index (χ4n) is 1.18. The maximum absolute atomic E-state index is 10.2. The number of nitrogens with one attached hydrogen (secondary N) is 2. The normalized spacial score (nSPS) is 32.1. The molecule has 0 aromatic heterocycles. The Bertz CT molecular complexity index is 141. The third-order valence-corrected chi connectivity index (χ3v) is 1.78. The van der Waals surface area contributed by atoms with Crippen LogP contribution in [0.2, 0.25) is 0 Å². The SMILES string of the molecule is C[C@@]1(NC(=O)O)CCNC1. The molecule has 1 amide bonds. The molecule has 4 heteroatoms. The topological polar surface area (TPSA) is 61.4 Å². The first-order chi connectivity index (χ1) is 4.62. The van der Waals surface area contributed by atoms with Gasteiger partial charge in [-0.1, -0.05) is 0 Å². The van der Waals surface area contributed by atoms with E-state index in [1.165, 1.54) is 0 Å². The molecule has 1 heterocycles. The summed E-state index contributed by atoms with van der Waals surface area (Å²) in [6.07, 6.45) is -0.0644. The number of hydrogen-bond donors (Lipinski definition) is 3. The van der Waals surface area contributed by atoms with Crippen molar-refractivity contribution in [3.8, 4) is 0 Å². The minimum atomic E-state index is -0.939. The quantitative estimate of drug-likeness (QED) is 0.485. The van der Waals surface area contributed by atoms with Gasteiger partial charge in [0.2, 0.25) is 0 Å². The average Bonchev–Trinajstić information content (AvgIpc) is 2.12. The van der Waals surface area contributed by atoms with Crippen LogP contribution < -0.4 is 10.6 Å². The van der Waals surface area contributed by atoms with E-state index < -0.39 is 6.09 Å². The summed E-state index contributed by atoms with van der Waals surface area (Å²) in [6, 6.07) is 0. The van der Waals surface area contributed by atoms with E-state index in [-0.39, 0.29) is 5.54 Å². The summed E-state index contributed by atoms with van der Waals surface area (Å²) in [6.45, 7) is 3.54. The van der Waals surface area contributed by atoms with Gasteiger partial charge in [0.25, 0.3) is 0 Å². The van der Waals surface area contributed by atoms with Crippen LogP contribution in [0, 0.1) is 0 Å². The Morgan fingerprint density at radius 2 is 2.50 bits per heavy atom. The molecule has 0 aliphatic carbocycles. The van der Waals surface area contributed by atoms with Crippen molar-refractivity contribution in [3.63, 3.8) is 0 Å². The Morgan fingerprint density at radius 1 is 1.80 bits per heavy atom. The summed E-state index contributed by atoms with van der Waals surface area (Å²) in [5.74, 6) is 0. The molecule has 0 aromatic rings. The second kappa shape index (κ2) is 2.46. The van der Waals surface area contributed by atoms with Gasteiger partial charge in [-0.05, 0) is 19.9 Å². The van der Waals surface area contributed by atoms with Gasteiger partial charge in [-0.15, -0.1) is 0 Å². The van der Waals surface area contributed by atoms with Crippen molar-refractivity contribution in [3.05, 3.63) is 0 Å². The Morgan fingerprint density at radius 3 is 2.90 bits per heavy atom. The van der Waals surface area contributed by atoms with Crippen LogP contribution in [0.5, 0.6) is 0 Å². The van der Waals surface area contributed by atoms with Gasteiger partial charge in [-0.25, -0.2) is 4.79 Å². The van der Waals surface area contributed by atoms with E-state index in [1.807, 2.05) is 6.92 Å². The maximum Gasteiger partial charge on any atom is 0.405 e. The van der Waals surface area contributed by atoms with Crippen LogP contribution in [0.4, 0.5) is 4.79 Å². The van der Waals surface area contributed by atoms with Crippen molar-refractivity contribution in [1.82, 2.24) is 10.6 Å². The van der Waals surface area contributed by atoms with Gasteiger partial charge in [-0.2, -0.15) is 0 Å². The van der Waals surface area contributed by atoms with E-state index in [9.17, 15) is 4.79 Å². The van der Waals surface area contributed by atoms with E-state index in [0.717, 1.165) is 19.5 Å². The van der Waals surface area contributed by atoms with Crippen molar-refractivity contribution >= 4 is 6.09 Å². The Hall–Kier alpha value is -0.770. The summed E-state index contributed by atoms with van der Waals surface area (Å²) in [4.78, 5) is 10.2. The molecule has 1 saturated heterocycles. The summed E-state index contributed by atoms with van der Waals surface area (Å²) in [5.41, 5.74) is -0.244. The molecule has 3 N–H and O–H groups in total. The van der Waals surface area contributed by atoms with Crippen LogP contribution in [0.15, 0.2) is 0 Å². The molecule has 0 aromatic carbocycles. The molecule has 0 bridgehead atoms. The fourth-order valence-corrected chi connectivity index (χ4v) is 1.18. The summed E-state index contributed by atoms with van der Waals surface area (Å²) in [5, 5.41) is 14.0. The molecule has 1 aliphatic rings. The first-order valence-corrected chi connectivity index (χ1v) is 3.34. The molecule has 4 nitrogen and oxygen atoms in total. The molecule has 58 valence electrons. The average molecular weight is 144 g/mol. The van der Waals surface area contributed by atoms with Crippen LogP contribution in [0.3, 0.4) is 0 Å². The van der Waals surface area contributed by atoms with Gasteiger partial charge >= 0.3 is 6.09 Å². The predicted molar refractivity (Wildman–Crippen MR) is 37.1 cm³/mol. The lowest BCUT2D eigenvalue weighted by Gasteiger charge is -2.21. The first-order valence-electron chi connectivity index (χ1n) is 3.34. The zero-order chi connectivity index (χ0) is 7.61. The first kappa shape index (κ1) is 7.34. The predicted octanol–water partition coefficient (Wildman–Crippen LogP) is 0.00600.